The van der Waals surface area contributed by atoms with E-state index in [1.165, 1.54) is 5.56 Å². The second-order valence-corrected chi connectivity index (χ2v) is 3.58. The lowest BCUT2D eigenvalue weighted by molar-refractivity contribution is 0.186. The summed E-state index contributed by atoms with van der Waals surface area (Å²) in [5.74, 6) is 1.48. The van der Waals surface area contributed by atoms with Crippen LogP contribution in [0.5, 0.6) is 5.75 Å². The van der Waals surface area contributed by atoms with Crippen LogP contribution in [0, 0.1) is 5.92 Å². The molecule has 1 aromatic carbocycles. The lowest BCUT2D eigenvalue weighted by atomic mass is 10.1. The lowest BCUT2D eigenvalue weighted by Crippen LogP contribution is -2.18. The largest absolute Gasteiger partial charge is 0.489 e. The number of fused-ring (bicyclic) bond motifs is 1. The van der Waals surface area contributed by atoms with Crippen molar-refractivity contribution in [1.82, 2.24) is 0 Å². The molecule has 0 bridgehead atoms. The maximum Gasteiger partial charge on any atom is 0.126 e. The summed E-state index contributed by atoms with van der Waals surface area (Å²) in [7, 11) is 0. The third kappa shape index (κ3) is 1.59. The molecule has 0 aromatic heterocycles. The van der Waals surface area contributed by atoms with Crippen LogP contribution in [0.4, 0.5) is 0 Å². The summed E-state index contributed by atoms with van der Waals surface area (Å²) in [5.41, 5.74) is 1.18. The van der Waals surface area contributed by atoms with Crippen LogP contribution in [0.15, 0.2) is 30.3 Å². The third-order valence-electron chi connectivity index (χ3n) is 2.55. The second-order valence-electron chi connectivity index (χ2n) is 3.58. The van der Waals surface area contributed by atoms with E-state index < -0.39 is 0 Å². The van der Waals surface area contributed by atoms with Crippen LogP contribution in [0.25, 0.3) is 6.08 Å². The fourth-order valence-electron chi connectivity index (χ4n) is 1.45. The van der Waals surface area contributed by atoms with Crippen molar-refractivity contribution >= 4 is 6.08 Å². The molecule has 2 atom stereocenters. The Labute approximate surface area is 79.0 Å². The molecule has 1 nitrogen and oxygen atoms in total. The molecule has 1 heterocycles. The number of hydrogen-bond acceptors (Lipinski definition) is 1. The Morgan fingerprint density at radius 1 is 1.15 bits per heavy atom. The Morgan fingerprint density at radius 2 is 1.92 bits per heavy atom. The van der Waals surface area contributed by atoms with Crippen molar-refractivity contribution in [2.75, 3.05) is 0 Å². The molecule has 0 aliphatic carbocycles. The van der Waals surface area contributed by atoms with Gasteiger partial charge in [-0.05, 0) is 13.0 Å². The van der Waals surface area contributed by atoms with E-state index in [1.807, 2.05) is 18.2 Å². The highest BCUT2D eigenvalue weighted by atomic mass is 16.5. The van der Waals surface area contributed by atoms with E-state index in [0.29, 0.717) is 5.92 Å². The first-order valence-electron chi connectivity index (χ1n) is 4.71. The van der Waals surface area contributed by atoms with Gasteiger partial charge in [0.25, 0.3) is 0 Å². The molecule has 1 aliphatic heterocycles. The molecule has 1 heteroatoms. The Hall–Kier alpha value is -1.24. The summed E-state index contributed by atoms with van der Waals surface area (Å²) in [4.78, 5) is 0. The summed E-state index contributed by atoms with van der Waals surface area (Å²) in [6, 6.07) is 8.15. The van der Waals surface area contributed by atoms with Gasteiger partial charge in [0.2, 0.25) is 0 Å². The van der Waals surface area contributed by atoms with E-state index in [4.69, 9.17) is 4.74 Å². The van der Waals surface area contributed by atoms with Gasteiger partial charge in [0, 0.05) is 11.5 Å². The average molecular weight is 174 g/mol. The lowest BCUT2D eigenvalue weighted by Gasteiger charge is -2.17. The van der Waals surface area contributed by atoms with Gasteiger partial charge in [-0.15, -0.1) is 0 Å². The van der Waals surface area contributed by atoms with Crippen molar-refractivity contribution in [2.24, 2.45) is 5.92 Å². The first kappa shape index (κ1) is 8.36. The number of para-hydroxylation sites is 1. The summed E-state index contributed by atoms with van der Waals surface area (Å²) in [5, 5.41) is 0. The van der Waals surface area contributed by atoms with E-state index in [1.54, 1.807) is 0 Å². The fourth-order valence-corrected chi connectivity index (χ4v) is 1.45. The molecule has 13 heavy (non-hydrogen) atoms. The first-order chi connectivity index (χ1) is 6.27. The molecular weight excluding hydrogens is 160 g/mol. The summed E-state index contributed by atoms with van der Waals surface area (Å²) >= 11 is 0. The normalized spacial score (nSPS) is 26.0. The van der Waals surface area contributed by atoms with Gasteiger partial charge in [0.15, 0.2) is 0 Å². The van der Waals surface area contributed by atoms with Crippen molar-refractivity contribution in [3.8, 4) is 5.75 Å². The van der Waals surface area contributed by atoms with Crippen LogP contribution >= 0.6 is 0 Å². The van der Waals surface area contributed by atoms with Gasteiger partial charge in [0.05, 0.1) is 0 Å². The van der Waals surface area contributed by atoms with E-state index in [0.717, 1.165) is 5.75 Å². The number of benzene rings is 1. The molecule has 0 N–H and O–H groups in total. The standard InChI is InChI=1S/C12H14O/c1-9-7-8-11-5-3-4-6-12(11)13-10(9)2/h3-10H,1-2H3. The van der Waals surface area contributed by atoms with Crippen molar-refractivity contribution in [3.63, 3.8) is 0 Å². The van der Waals surface area contributed by atoms with Crippen LogP contribution in [0.3, 0.4) is 0 Å². The van der Waals surface area contributed by atoms with E-state index >= 15 is 0 Å². The minimum absolute atomic E-state index is 0.264. The molecule has 1 aliphatic rings. The highest BCUT2D eigenvalue weighted by molar-refractivity contribution is 5.58. The Kier molecular flexibility index (Phi) is 2.09. The predicted octanol–water partition coefficient (Wildman–Crippen LogP) is 3.12. The van der Waals surface area contributed by atoms with Gasteiger partial charge in [-0.3, -0.25) is 0 Å². The summed E-state index contributed by atoms with van der Waals surface area (Å²) in [6.45, 7) is 4.28. The van der Waals surface area contributed by atoms with E-state index in [-0.39, 0.29) is 6.10 Å². The highest BCUT2D eigenvalue weighted by Gasteiger charge is 2.15. The van der Waals surface area contributed by atoms with Crippen LogP contribution in [-0.4, -0.2) is 6.10 Å². The predicted molar refractivity (Wildman–Crippen MR) is 54.7 cm³/mol. The first-order valence-corrected chi connectivity index (χ1v) is 4.71. The number of hydrogen-bond donors (Lipinski definition) is 0. The van der Waals surface area contributed by atoms with Gasteiger partial charge in [0.1, 0.15) is 11.9 Å². The molecule has 0 amide bonds. The van der Waals surface area contributed by atoms with Crippen molar-refractivity contribution in [1.29, 1.82) is 0 Å². The zero-order chi connectivity index (χ0) is 9.26. The van der Waals surface area contributed by atoms with E-state index in [9.17, 15) is 0 Å². The topological polar surface area (TPSA) is 9.23 Å². The van der Waals surface area contributed by atoms with Gasteiger partial charge in [-0.25, -0.2) is 0 Å². The molecule has 2 unspecified atom stereocenters. The van der Waals surface area contributed by atoms with Gasteiger partial charge >= 0.3 is 0 Å². The average Bonchev–Trinajstić information content (AvgIpc) is 2.28. The SMILES string of the molecule is CC1C=Cc2ccccc2OC1C. The number of rotatable bonds is 0. The van der Waals surface area contributed by atoms with Crippen molar-refractivity contribution in [2.45, 2.75) is 20.0 Å². The van der Waals surface area contributed by atoms with Crippen LogP contribution in [-0.2, 0) is 0 Å². The Balaban J connectivity index is 2.40. The molecule has 1 aromatic rings. The maximum absolute atomic E-state index is 5.81. The van der Waals surface area contributed by atoms with Crippen LogP contribution in [0.1, 0.15) is 19.4 Å². The monoisotopic (exact) mass is 174 g/mol. The molecular formula is C12H14O. The molecule has 68 valence electrons. The summed E-state index contributed by atoms with van der Waals surface area (Å²) in [6.07, 6.45) is 4.61. The van der Waals surface area contributed by atoms with Gasteiger partial charge < -0.3 is 4.74 Å². The van der Waals surface area contributed by atoms with E-state index in [2.05, 4.69) is 32.1 Å². The third-order valence-corrected chi connectivity index (χ3v) is 2.55. The smallest absolute Gasteiger partial charge is 0.126 e. The highest BCUT2D eigenvalue weighted by Crippen LogP contribution is 2.26. The Bertz CT molecular complexity index is 328. The van der Waals surface area contributed by atoms with Gasteiger partial charge in [-0.1, -0.05) is 37.3 Å². The zero-order valence-corrected chi connectivity index (χ0v) is 8.03. The van der Waals surface area contributed by atoms with Crippen molar-refractivity contribution < 1.29 is 4.74 Å². The molecule has 2 rings (SSSR count). The van der Waals surface area contributed by atoms with Gasteiger partial charge in [-0.2, -0.15) is 0 Å². The van der Waals surface area contributed by atoms with Crippen molar-refractivity contribution in [3.05, 3.63) is 35.9 Å². The molecule has 0 spiro atoms. The minimum atomic E-state index is 0.264. The molecule has 0 saturated heterocycles. The molecule has 0 saturated carbocycles. The molecule has 0 fully saturated rings. The van der Waals surface area contributed by atoms with Crippen LogP contribution < -0.4 is 4.74 Å². The zero-order valence-electron chi connectivity index (χ0n) is 8.03. The van der Waals surface area contributed by atoms with Crippen LogP contribution in [0.2, 0.25) is 0 Å². The second kappa shape index (κ2) is 3.25. The Morgan fingerprint density at radius 3 is 2.77 bits per heavy atom. The minimum Gasteiger partial charge on any atom is -0.489 e. The maximum atomic E-state index is 5.81. The summed E-state index contributed by atoms with van der Waals surface area (Å²) < 4.78 is 5.81. The quantitative estimate of drug-likeness (QED) is 0.587. The fraction of sp³-hybridized carbons (Fsp3) is 0.333. The molecule has 0 radical (unpaired) electrons. The number of ether oxygens (including phenoxy) is 1.